The minimum atomic E-state index is 0.134. The fourth-order valence-corrected chi connectivity index (χ4v) is 3.05. The van der Waals surface area contributed by atoms with Gasteiger partial charge in [0, 0.05) is 20.7 Å². The number of rotatable bonds is 4. The van der Waals surface area contributed by atoms with Crippen molar-refractivity contribution in [1.29, 1.82) is 0 Å². The fraction of sp³-hybridized carbons (Fsp3) is 0.0714. The van der Waals surface area contributed by atoms with Crippen molar-refractivity contribution < 1.29 is 5.21 Å². The van der Waals surface area contributed by atoms with Crippen molar-refractivity contribution in [2.45, 2.75) is 10.6 Å². The summed E-state index contributed by atoms with van der Waals surface area (Å²) < 4.78 is 1.07. The van der Waals surface area contributed by atoms with Gasteiger partial charge in [-0.25, -0.2) is 0 Å². The molecule has 0 aliphatic rings. The summed E-state index contributed by atoms with van der Waals surface area (Å²) in [6, 6.07) is 15.9. The molecule has 0 aliphatic carbocycles. The lowest BCUT2D eigenvalue weighted by Gasteiger charge is -2.05. The van der Waals surface area contributed by atoms with Gasteiger partial charge in [-0.2, -0.15) is 0 Å². The first-order valence-corrected chi connectivity index (χ1v) is 7.42. The first-order chi connectivity index (χ1) is 9.19. The largest absolute Gasteiger partial charge is 0.409 e. The minimum absolute atomic E-state index is 0.134. The lowest BCUT2D eigenvalue weighted by atomic mass is 10.1. The quantitative estimate of drug-likeness (QED) is 0.293. The average molecular weight is 337 g/mol. The van der Waals surface area contributed by atoms with Crippen LogP contribution in [0.5, 0.6) is 0 Å². The number of benzene rings is 2. The van der Waals surface area contributed by atoms with E-state index in [1.807, 2.05) is 36.4 Å². The molecule has 0 aromatic heterocycles. The van der Waals surface area contributed by atoms with E-state index in [9.17, 15) is 0 Å². The van der Waals surface area contributed by atoms with Crippen LogP contribution in [-0.2, 0) is 5.75 Å². The molecule has 0 saturated heterocycles. The number of hydrogen-bond acceptors (Lipinski definition) is 3. The number of oxime groups is 1. The average Bonchev–Trinajstić information content (AvgIpc) is 2.45. The molecule has 0 bridgehead atoms. The Morgan fingerprint density at radius 3 is 2.74 bits per heavy atom. The van der Waals surface area contributed by atoms with Crippen LogP contribution in [0.4, 0.5) is 0 Å². The molecule has 19 heavy (non-hydrogen) atoms. The number of thioether (sulfide) groups is 1. The Hall–Kier alpha value is -1.46. The Kier molecular flexibility index (Phi) is 4.87. The second kappa shape index (κ2) is 6.63. The summed E-state index contributed by atoms with van der Waals surface area (Å²) in [6.07, 6.45) is 0. The van der Waals surface area contributed by atoms with Crippen molar-refractivity contribution >= 4 is 33.5 Å². The van der Waals surface area contributed by atoms with Gasteiger partial charge in [-0.05, 0) is 29.8 Å². The second-order valence-corrected chi connectivity index (χ2v) is 5.90. The summed E-state index contributed by atoms with van der Waals surface area (Å²) in [5.74, 6) is 0.970. The predicted molar refractivity (Wildman–Crippen MR) is 82.7 cm³/mol. The van der Waals surface area contributed by atoms with Crippen molar-refractivity contribution in [3.05, 3.63) is 64.1 Å². The zero-order valence-corrected chi connectivity index (χ0v) is 12.5. The molecule has 98 valence electrons. The van der Waals surface area contributed by atoms with Crippen molar-refractivity contribution in [2.75, 3.05) is 0 Å². The van der Waals surface area contributed by atoms with Crippen LogP contribution in [0.3, 0.4) is 0 Å². The topological polar surface area (TPSA) is 58.6 Å². The van der Waals surface area contributed by atoms with Crippen molar-refractivity contribution in [1.82, 2.24) is 0 Å². The van der Waals surface area contributed by atoms with E-state index >= 15 is 0 Å². The Morgan fingerprint density at radius 2 is 2.00 bits per heavy atom. The second-order valence-electron chi connectivity index (χ2n) is 3.93. The summed E-state index contributed by atoms with van der Waals surface area (Å²) in [4.78, 5) is 1.20. The van der Waals surface area contributed by atoms with Gasteiger partial charge >= 0.3 is 0 Å². The van der Waals surface area contributed by atoms with Crippen molar-refractivity contribution in [3.63, 3.8) is 0 Å². The molecule has 0 atom stereocenters. The lowest BCUT2D eigenvalue weighted by molar-refractivity contribution is 0.318. The molecule has 0 radical (unpaired) electrons. The Morgan fingerprint density at radius 1 is 1.21 bits per heavy atom. The Balaban J connectivity index is 2.08. The highest BCUT2D eigenvalue weighted by Gasteiger charge is 2.02. The molecule has 2 aromatic carbocycles. The lowest BCUT2D eigenvalue weighted by Crippen LogP contribution is -2.13. The Bertz CT molecular complexity index is 602. The van der Waals surface area contributed by atoms with E-state index in [0.29, 0.717) is 0 Å². The molecule has 0 unspecified atom stereocenters. The van der Waals surface area contributed by atoms with Gasteiger partial charge < -0.3 is 10.9 Å². The number of halogens is 1. The minimum Gasteiger partial charge on any atom is -0.409 e. The molecule has 3 N–H and O–H groups in total. The highest BCUT2D eigenvalue weighted by Crippen LogP contribution is 2.25. The van der Waals surface area contributed by atoms with E-state index < -0.39 is 0 Å². The van der Waals surface area contributed by atoms with Crippen LogP contribution in [-0.4, -0.2) is 11.0 Å². The predicted octanol–water partition coefficient (Wildman–Crippen LogP) is 3.84. The molecule has 0 heterocycles. The molecule has 0 fully saturated rings. The third-order valence-electron chi connectivity index (χ3n) is 2.53. The third-order valence-corrected chi connectivity index (χ3v) is 4.09. The van der Waals surface area contributed by atoms with Gasteiger partial charge in [0.05, 0.1) is 0 Å². The highest BCUT2D eigenvalue weighted by molar-refractivity contribution is 9.10. The smallest absolute Gasteiger partial charge is 0.170 e. The third kappa shape index (κ3) is 4.01. The molecule has 0 spiro atoms. The standard InChI is InChI=1S/C14H13BrN2OS/c15-12-5-2-6-13(8-12)19-9-10-3-1-4-11(7-10)14(16)17-18/h1-8,18H,9H2,(H2,16,17). The molecule has 3 nitrogen and oxygen atoms in total. The van der Waals surface area contributed by atoms with Crippen LogP contribution in [0.2, 0.25) is 0 Å². The highest BCUT2D eigenvalue weighted by atomic mass is 79.9. The van der Waals surface area contributed by atoms with Gasteiger partial charge in [-0.1, -0.05) is 45.4 Å². The van der Waals surface area contributed by atoms with Crippen molar-refractivity contribution in [2.24, 2.45) is 10.9 Å². The fourth-order valence-electron chi connectivity index (χ4n) is 1.60. The normalized spacial score (nSPS) is 11.5. The summed E-state index contributed by atoms with van der Waals surface area (Å²) in [6.45, 7) is 0. The van der Waals surface area contributed by atoms with Crippen LogP contribution in [0.25, 0.3) is 0 Å². The summed E-state index contributed by atoms with van der Waals surface area (Å²) in [5, 5.41) is 11.7. The van der Waals surface area contributed by atoms with Crippen LogP contribution in [0, 0.1) is 0 Å². The maximum Gasteiger partial charge on any atom is 0.170 e. The maximum atomic E-state index is 8.67. The van der Waals surface area contributed by atoms with E-state index in [2.05, 4.69) is 33.2 Å². The summed E-state index contributed by atoms with van der Waals surface area (Å²) in [5.41, 5.74) is 7.44. The van der Waals surface area contributed by atoms with E-state index in [1.54, 1.807) is 11.8 Å². The monoisotopic (exact) mass is 336 g/mol. The number of hydrogen-bond donors (Lipinski definition) is 2. The van der Waals surface area contributed by atoms with Crippen LogP contribution in [0.1, 0.15) is 11.1 Å². The van der Waals surface area contributed by atoms with Gasteiger partial charge in [0.25, 0.3) is 0 Å². The molecule has 0 amide bonds. The van der Waals surface area contributed by atoms with Crippen LogP contribution < -0.4 is 5.73 Å². The zero-order chi connectivity index (χ0) is 13.7. The first kappa shape index (κ1) is 14.0. The Labute approximate surface area is 124 Å². The molecular weight excluding hydrogens is 324 g/mol. The first-order valence-electron chi connectivity index (χ1n) is 5.64. The SMILES string of the molecule is NC(=NO)c1cccc(CSc2cccc(Br)c2)c1. The van der Waals surface area contributed by atoms with Gasteiger partial charge in [0.1, 0.15) is 0 Å². The van der Waals surface area contributed by atoms with Crippen molar-refractivity contribution in [3.8, 4) is 0 Å². The summed E-state index contributed by atoms with van der Waals surface area (Å²) >= 11 is 5.20. The number of amidine groups is 1. The number of nitrogens with two attached hydrogens (primary N) is 1. The molecule has 0 aliphatic heterocycles. The van der Waals surface area contributed by atoms with Gasteiger partial charge in [0.2, 0.25) is 0 Å². The van der Waals surface area contributed by atoms with Crippen LogP contribution in [0.15, 0.2) is 63.1 Å². The van der Waals surface area contributed by atoms with Gasteiger partial charge in [0.15, 0.2) is 5.84 Å². The zero-order valence-electron chi connectivity index (χ0n) is 10.1. The molecule has 2 aromatic rings. The van der Waals surface area contributed by atoms with E-state index in [4.69, 9.17) is 10.9 Å². The molecule has 2 rings (SSSR count). The van der Waals surface area contributed by atoms with E-state index in [-0.39, 0.29) is 5.84 Å². The molecular formula is C14H13BrN2OS. The van der Waals surface area contributed by atoms with Crippen LogP contribution >= 0.6 is 27.7 Å². The van der Waals surface area contributed by atoms with E-state index in [0.717, 1.165) is 21.4 Å². The van der Waals surface area contributed by atoms with Gasteiger partial charge in [-0.3, -0.25) is 0 Å². The maximum absolute atomic E-state index is 8.67. The van der Waals surface area contributed by atoms with Gasteiger partial charge in [-0.15, -0.1) is 11.8 Å². The molecule has 5 heteroatoms. The summed E-state index contributed by atoms with van der Waals surface area (Å²) in [7, 11) is 0. The number of nitrogens with zero attached hydrogens (tertiary/aromatic N) is 1. The molecule has 0 saturated carbocycles. The van der Waals surface area contributed by atoms with E-state index in [1.165, 1.54) is 4.90 Å².